The molecule has 7 heteroatoms. The number of para-hydroxylation sites is 1. The molecule has 0 saturated heterocycles. The minimum Gasteiger partial charge on any atom is -0.303 e. The minimum atomic E-state index is -1.12. The van der Waals surface area contributed by atoms with Gasteiger partial charge in [0.05, 0.1) is 6.54 Å². The zero-order valence-corrected chi connectivity index (χ0v) is 14.9. The molecular weight excluding hydrogens is 341 g/mol. The Kier molecular flexibility index (Phi) is 5.78. The van der Waals surface area contributed by atoms with Gasteiger partial charge in [0, 0.05) is 5.69 Å². The quantitative estimate of drug-likeness (QED) is 0.749. The lowest BCUT2D eigenvalue weighted by Crippen LogP contribution is -2.35. The van der Waals surface area contributed by atoms with E-state index in [-0.39, 0.29) is 11.8 Å². The fourth-order valence-electron chi connectivity index (χ4n) is 2.16. The van der Waals surface area contributed by atoms with Gasteiger partial charge in [-0.1, -0.05) is 66.6 Å². The first-order valence-electron chi connectivity index (χ1n) is 6.87. The van der Waals surface area contributed by atoms with E-state index in [2.05, 4.69) is 24.0 Å². The van der Waals surface area contributed by atoms with E-state index in [4.69, 9.17) is 23.2 Å². The van der Waals surface area contributed by atoms with E-state index in [1.807, 2.05) is 31.2 Å². The molecule has 0 aliphatic carbocycles. The average molecular weight is 358 g/mol. The molecule has 1 aromatic heterocycles. The molecule has 1 heterocycles. The molecule has 2 aromatic rings. The van der Waals surface area contributed by atoms with Crippen LogP contribution in [0.25, 0.3) is 0 Å². The van der Waals surface area contributed by atoms with Crippen molar-refractivity contribution >= 4 is 46.1 Å². The number of anilines is 1. The number of hydrogen-bond donors (Lipinski definition) is 0. The van der Waals surface area contributed by atoms with Crippen LogP contribution in [0.1, 0.15) is 35.3 Å². The van der Waals surface area contributed by atoms with Crippen molar-refractivity contribution in [2.75, 3.05) is 4.90 Å². The summed E-state index contributed by atoms with van der Waals surface area (Å²) in [6, 6.07) is 7.75. The van der Waals surface area contributed by atoms with Crippen LogP contribution in [0.4, 0.5) is 5.69 Å². The molecule has 0 fully saturated rings. The average Bonchev–Trinajstić information content (AvgIpc) is 2.89. The van der Waals surface area contributed by atoms with Crippen LogP contribution in [0, 0.1) is 6.92 Å². The third-order valence-electron chi connectivity index (χ3n) is 3.16. The van der Waals surface area contributed by atoms with Crippen LogP contribution in [0.3, 0.4) is 0 Å². The third-order valence-corrected chi connectivity index (χ3v) is 4.36. The normalized spacial score (nSPS) is 11.2. The molecule has 0 saturated carbocycles. The Morgan fingerprint density at radius 1 is 1.27 bits per heavy atom. The Hall–Kier alpha value is -1.17. The summed E-state index contributed by atoms with van der Waals surface area (Å²) >= 11 is 13.1. The van der Waals surface area contributed by atoms with Crippen molar-refractivity contribution in [1.29, 1.82) is 0 Å². The SMILES string of the molecule is Cc1nnc(CN(C(=O)C(Cl)Cl)c2ccccc2C(C)C)s1. The number of rotatable bonds is 5. The van der Waals surface area contributed by atoms with Crippen LogP contribution < -0.4 is 4.90 Å². The van der Waals surface area contributed by atoms with E-state index in [0.29, 0.717) is 6.54 Å². The van der Waals surface area contributed by atoms with Crippen molar-refractivity contribution in [2.24, 2.45) is 0 Å². The lowest BCUT2D eigenvalue weighted by Gasteiger charge is -2.26. The lowest BCUT2D eigenvalue weighted by molar-refractivity contribution is -0.117. The first kappa shape index (κ1) is 17.2. The highest BCUT2D eigenvalue weighted by Crippen LogP contribution is 2.30. The summed E-state index contributed by atoms with van der Waals surface area (Å²) in [5, 5.41) is 9.68. The molecule has 0 bridgehead atoms. The van der Waals surface area contributed by atoms with Crippen molar-refractivity contribution in [3.8, 4) is 0 Å². The van der Waals surface area contributed by atoms with Crippen molar-refractivity contribution in [2.45, 2.75) is 38.1 Å². The predicted octanol–water partition coefficient (Wildman–Crippen LogP) is 4.31. The molecule has 1 aromatic carbocycles. The molecule has 0 unspecified atom stereocenters. The molecule has 0 atom stereocenters. The number of alkyl halides is 2. The third kappa shape index (κ3) is 3.97. The van der Waals surface area contributed by atoms with Crippen LogP contribution in [0.5, 0.6) is 0 Å². The van der Waals surface area contributed by atoms with Gasteiger partial charge in [0.25, 0.3) is 5.91 Å². The van der Waals surface area contributed by atoms with E-state index < -0.39 is 4.84 Å². The molecule has 22 heavy (non-hydrogen) atoms. The van der Waals surface area contributed by atoms with Crippen LogP contribution in [-0.4, -0.2) is 20.9 Å². The molecule has 1 amide bonds. The summed E-state index contributed by atoms with van der Waals surface area (Å²) in [5.74, 6) is -0.0870. The second-order valence-corrected chi connectivity index (χ2v) is 7.52. The summed E-state index contributed by atoms with van der Waals surface area (Å²) in [4.78, 5) is 12.9. The molecule has 118 valence electrons. The summed E-state index contributed by atoms with van der Waals surface area (Å²) in [7, 11) is 0. The lowest BCUT2D eigenvalue weighted by atomic mass is 10.0. The fourth-order valence-corrected chi connectivity index (χ4v) is 3.09. The summed E-state index contributed by atoms with van der Waals surface area (Å²) < 4.78 is 0. The second kappa shape index (κ2) is 7.40. The number of nitrogens with zero attached hydrogens (tertiary/aromatic N) is 3. The second-order valence-electron chi connectivity index (χ2n) is 5.15. The maximum Gasteiger partial charge on any atom is 0.260 e. The molecule has 0 aliphatic heterocycles. The zero-order chi connectivity index (χ0) is 16.3. The maximum absolute atomic E-state index is 12.4. The monoisotopic (exact) mass is 357 g/mol. The van der Waals surface area contributed by atoms with Crippen LogP contribution in [0.2, 0.25) is 0 Å². The fraction of sp³-hybridized carbons (Fsp3) is 0.400. The molecule has 2 rings (SSSR count). The van der Waals surface area contributed by atoms with Gasteiger partial charge in [-0.15, -0.1) is 10.2 Å². The topological polar surface area (TPSA) is 46.1 Å². The van der Waals surface area contributed by atoms with Gasteiger partial charge < -0.3 is 4.90 Å². The van der Waals surface area contributed by atoms with Crippen LogP contribution in [0.15, 0.2) is 24.3 Å². The number of amides is 1. The smallest absolute Gasteiger partial charge is 0.260 e. The van der Waals surface area contributed by atoms with E-state index in [9.17, 15) is 4.79 Å². The van der Waals surface area contributed by atoms with Gasteiger partial charge in [-0.3, -0.25) is 4.79 Å². The van der Waals surface area contributed by atoms with E-state index in [0.717, 1.165) is 21.3 Å². The van der Waals surface area contributed by atoms with Gasteiger partial charge in [-0.2, -0.15) is 0 Å². The number of carbonyl (C=O) groups excluding carboxylic acids is 1. The Morgan fingerprint density at radius 3 is 2.50 bits per heavy atom. The van der Waals surface area contributed by atoms with Crippen molar-refractivity contribution in [3.05, 3.63) is 39.8 Å². The highest BCUT2D eigenvalue weighted by molar-refractivity contribution is 7.11. The maximum atomic E-state index is 12.4. The number of hydrogen-bond acceptors (Lipinski definition) is 4. The Balaban J connectivity index is 2.42. The number of halogens is 2. The number of aryl methyl sites for hydroxylation is 1. The minimum absolute atomic E-state index is 0.270. The van der Waals surface area contributed by atoms with Crippen LogP contribution >= 0.6 is 34.5 Å². The standard InChI is InChI=1S/C15H17Cl2N3OS/c1-9(2)11-6-4-5-7-12(11)20(15(21)14(16)17)8-13-19-18-10(3)22-13/h4-7,9,14H,8H2,1-3H3. The highest BCUT2D eigenvalue weighted by atomic mass is 35.5. The Labute approximate surface area is 144 Å². The number of aromatic nitrogens is 2. The first-order chi connectivity index (χ1) is 10.4. The van der Waals surface area contributed by atoms with Gasteiger partial charge in [0.15, 0.2) is 4.84 Å². The summed E-state index contributed by atoms with van der Waals surface area (Å²) in [6.07, 6.45) is 0. The van der Waals surface area contributed by atoms with Gasteiger partial charge in [-0.25, -0.2) is 0 Å². The van der Waals surface area contributed by atoms with Crippen molar-refractivity contribution in [3.63, 3.8) is 0 Å². The van der Waals surface area contributed by atoms with Gasteiger partial charge >= 0.3 is 0 Å². The van der Waals surface area contributed by atoms with E-state index in [1.165, 1.54) is 11.3 Å². The summed E-state index contributed by atoms with van der Waals surface area (Å²) in [6.45, 7) is 6.34. The molecule has 0 spiro atoms. The van der Waals surface area contributed by atoms with E-state index >= 15 is 0 Å². The van der Waals surface area contributed by atoms with E-state index in [1.54, 1.807) is 4.90 Å². The van der Waals surface area contributed by atoms with Crippen molar-refractivity contribution in [1.82, 2.24) is 10.2 Å². The molecular formula is C15H17Cl2N3OS. The molecule has 0 radical (unpaired) electrons. The molecule has 0 aliphatic rings. The summed E-state index contributed by atoms with van der Waals surface area (Å²) in [5.41, 5.74) is 1.87. The Morgan fingerprint density at radius 2 is 1.95 bits per heavy atom. The number of benzene rings is 1. The molecule has 0 N–H and O–H groups in total. The number of carbonyl (C=O) groups is 1. The van der Waals surface area contributed by atoms with Gasteiger partial charge in [-0.05, 0) is 24.5 Å². The Bertz CT molecular complexity index is 658. The predicted molar refractivity (Wildman–Crippen MR) is 91.9 cm³/mol. The molecule has 4 nitrogen and oxygen atoms in total. The first-order valence-corrected chi connectivity index (χ1v) is 8.56. The zero-order valence-electron chi connectivity index (χ0n) is 12.6. The largest absolute Gasteiger partial charge is 0.303 e. The highest BCUT2D eigenvalue weighted by Gasteiger charge is 2.25. The van der Waals surface area contributed by atoms with Gasteiger partial charge in [0.1, 0.15) is 10.0 Å². The van der Waals surface area contributed by atoms with Crippen molar-refractivity contribution < 1.29 is 4.79 Å². The van der Waals surface area contributed by atoms with Crippen LogP contribution in [-0.2, 0) is 11.3 Å². The van der Waals surface area contributed by atoms with Gasteiger partial charge in [0.2, 0.25) is 0 Å².